The molecule has 1 unspecified atom stereocenters. The number of ketones is 1. The summed E-state index contributed by atoms with van der Waals surface area (Å²) in [7, 11) is 0. The first kappa shape index (κ1) is 13.0. The van der Waals surface area contributed by atoms with Crippen LogP contribution in [0.2, 0.25) is 0 Å². The summed E-state index contributed by atoms with van der Waals surface area (Å²) >= 11 is 0. The molecule has 0 saturated carbocycles. The lowest BCUT2D eigenvalue weighted by molar-refractivity contribution is -0.119. The maximum Gasteiger partial charge on any atom is 0.146 e. The van der Waals surface area contributed by atoms with Crippen LogP contribution in [-0.2, 0) is 17.6 Å². The molecule has 0 bridgehead atoms. The van der Waals surface area contributed by atoms with Crippen molar-refractivity contribution < 1.29 is 4.79 Å². The van der Waals surface area contributed by atoms with Gasteiger partial charge < -0.3 is 0 Å². The molecule has 1 heterocycles. The van der Waals surface area contributed by atoms with E-state index >= 15 is 0 Å². The molecule has 20 heavy (non-hydrogen) atoms. The molecular formula is C18H19NO. The molecule has 3 rings (SSSR count). The van der Waals surface area contributed by atoms with Crippen molar-refractivity contribution >= 4 is 5.78 Å². The summed E-state index contributed by atoms with van der Waals surface area (Å²) in [6, 6.07) is 10.4. The predicted octanol–water partition coefficient (Wildman–Crippen LogP) is 3.54. The molecule has 0 fully saturated rings. The highest BCUT2D eigenvalue weighted by molar-refractivity contribution is 5.88. The van der Waals surface area contributed by atoms with Crippen LogP contribution in [-0.4, -0.2) is 10.8 Å². The summed E-state index contributed by atoms with van der Waals surface area (Å²) in [6.45, 7) is 4.14. The fourth-order valence-corrected chi connectivity index (χ4v) is 3.03. The molecule has 1 aromatic heterocycles. The number of aromatic nitrogens is 1. The number of rotatable bonds is 3. The number of aryl methyl sites for hydroxylation is 3. The summed E-state index contributed by atoms with van der Waals surface area (Å²) in [5.41, 5.74) is 5.81. The highest BCUT2D eigenvalue weighted by Crippen LogP contribution is 2.32. The number of carbonyl (C=O) groups is 1. The molecule has 2 aromatic rings. The fourth-order valence-electron chi connectivity index (χ4n) is 3.03. The Hall–Kier alpha value is -1.96. The Kier molecular flexibility index (Phi) is 3.39. The number of benzene rings is 1. The SMILES string of the molecule is Cc1ccc(C)c(CC(=O)C2CCc3cccnc32)c1. The fraction of sp³-hybridized carbons (Fsp3) is 0.333. The first-order valence-electron chi connectivity index (χ1n) is 7.18. The zero-order valence-electron chi connectivity index (χ0n) is 12.0. The Morgan fingerprint density at radius 3 is 3.00 bits per heavy atom. The van der Waals surface area contributed by atoms with Crippen LogP contribution in [0, 0.1) is 13.8 Å². The van der Waals surface area contributed by atoms with E-state index in [1.54, 1.807) is 6.20 Å². The molecule has 102 valence electrons. The molecule has 2 nitrogen and oxygen atoms in total. The Balaban J connectivity index is 1.83. The van der Waals surface area contributed by atoms with Crippen molar-refractivity contribution in [2.75, 3.05) is 0 Å². The molecule has 1 aliphatic carbocycles. The van der Waals surface area contributed by atoms with Gasteiger partial charge in [0.15, 0.2) is 0 Å². The minimum absolute atomic E-state index is 0.00823. The molecule has 2 heteroatoms. The van der Waals surface area contributed by atoms with Crippen LogP contribution in [0.3, 0.4) is 0 Å². The van der Waals surface area contributed by atoms with E-state index in [0.29, 0.717) is 12.2 Å². The maximum absolute atomic E-state index is 12.6. The van der Waals surface area contributed by atoms with E-state index in [0.717, 1.165) is 24.1 Å². The Morgan fingerprint density at radius 2 is 2.15 bits per heavy atom. The van der Waals surface area contributed by atoms with Crippen LogP contribution in [0.15, 0.2) is 36.5 Å². The van der Waals surface area contributed by atoms with Crippen molar-refractivity contribution in [3.63, 3.8) is 0 Å². The van der Waals surface area contributed by atoms with Crippen molar-refractivity contribution in [3.8, 4) is 0 Å². The number of pyridine rings is 1. The van der Waals surface area contributed by atoms with Crippen LogP contribution < -0.4 is 0 Å². The lowest BCUT2D eigenvalue weighted by Crippen LogP contribution is -2.14. The smallest absolute Gasteiger partial charge is 0.146 e. The Morgan fingerprint density at radius 1 is 1.30 bits per heavy atom. The van der Waals surface area contributed by atoms with Crippen molar-refractivity contribution in [1.29, 1.82) is 0 Å². The van der Waals surface area contributed by atoms with Crippen LogP contribution in [0.5, 0.6) is 0 Å². The second-order valence-electron chi connectivity index (χ2n) is 5.71. The molecular weight excluding hydrogens is 246 g/mol. The molecule has 1 aromatic carbocycles. The van der Waals surface area contributed by atoms with Gasteiger partial charge in [0.05, 0.1) is 11.6 Å². The topological polar surface area (TPSA) is 30.0 Å². The van der Waals surface area contributed by atoms with Crippen molar-refractivity contribution in [1.82, 2.24) is 4.98 Å². The van der Waals surface area contributed by atoms with Crippen LogP contribution in [0.25, 0.3) is 0 Å². The van der Waals surface area contributed by atoms with Gasteiger partial charge in [0.1, 0.15) is 5.78 Å². The van der Waals surface area contributed by atoms with E-state index in [4.69, 9.17) is 0 Å². The summed E-state index contributed by atoms with van der Waals surface area (Å²) in [5, 5.41) is 0. The number of carbonyl (C=O) groups excluding carboxylic acids is 1. The van der Waals surface area contributed by atoms with Gasteiger partial charge in [-0.1, -0.05) is 29.8 Å². The summed E-state index contributed by atoms with van der Waals surface area (Å²) in [6.07, 6.45) is 4.21. The average molecular weight is 265 g/mol. The van der Waals surface area contributed by atoms with Gasteiger partial charge in [0, 0.05) is 12.6 Å². The van der Waals surface area contributed by atoms with Gasteiger partial charge in [-0.15, -0.1) is 0 Å². The molecule has 0 amide bonds. The second kappa shape index (κ2) is 5.20. The maximum atomic E-state index is 12.6. The quantitative estimate of drug-likeness (QED) is 0.849. The summed E-state index contributed by atoms with van der Waals surface area (Å²) < 4.78 is 0. The highest BCUT2D eigenvalue weighted by atomic mass is 16.1. The van der Waals surface area contributed by atoms with Gasteiger partial charge >= 0.3 is 0 Å². The van der Waals surface area contributed by atoms with Crippen LogP contribution in [0.1, 0.15) is 40.3 Å². The first-order valence-corrected chi connectivity index (χ1v) is 7.18. The zero-order chi connectivity index (χ0) is 14.1. The van der Waals surface area contributed by atoms with Gasteiger partial charge in [-0.2, -0.15) is 0 Å². The monoisotopic (exact) mass is 265 g/mol. The number of hydrogen-bond acceptors (Lipinski definition) is 2. The third-order valence-electron chi connectivity index (χ3n) is 4.22. The van der Waals surface area contributed by atoms with Gasteiger partial charge in [-0.25, -0.2) is 0 Å². The third kappa shape index (κ3) is 2.38. The molecule has 1 aliphatic rings. The van der Waals surface area contributed by atoms with E-state index < -0.39 is 0 Å². The van der Waals surface area contributed by atoms with E-state index in [1.807, 2.05) is 6.07 Å². The van der Waals surface area contributed by atoms with Gasteiger partial charge in [-0.05, 0) is 49.4 Å². The lowest BCUT2D eigenvalue weighted by atomic mass is 9.93. The van der Waals surface area contributed by atoms with Crippen molar-refractivity contribution in [2.24, 2.45) is 0 Å². The number of nitrogens with zero attached hydrogens (tertiary/aromatic N) is 1. The first-order chi connectivity index (χ1) is 9.65. The molecule has 0 aliphatic heterocycles. The Labute approximate surface area is 119 Å². The summed E-state index contributed by atoms with van der Waals surface area (Å²) in [4.78, 5) is 17.0. The van der Waals surface area contributed by atoms with Crippen LogP contribution >= 0.6 is 0 Å². The van der Waals surface area contributed by atoms with Crippen molar-refractivity contribution in [3.05, 3.63) is 64.5 Å². The largest absolute Gasteiger partial charge is 0.299 e. The lowest BCUT2D eigenvalue weighted by Gasteiger charge is -2.11. The van der Waals surface area contributed by atoms with Gasteiger partial charge in [-0.3, -0.25) is 9.78 Å². The number of Topliss-reactive ketones (excluding diaryl/α,β-unsaturated/α-hetero) is 1. The molecule has 0 N–H and O–H groups in total. The standard InChI is InChI=1S/C18H19NO/c1-12-5-6-13(2)15(10-12)11-17(20)16-8-7-14-4-3-9-19-18(14)16/h3-6,9-10,16H,7-8,11H2,1-2H3. The molecule has 1 atom stereocenters. The highest BCUT2D eigenvalue weighted by Gasteiger charge is 2.29. The predicted molar refractivity (Wildman–Crippen MR) is 79.9 cm³/mol. The van der Waals surface area contributed by atoms with E-state index in [-0.39, 0.29) is 5.92 Å². The minimum atomic E-state index is -0.00823. The normalized spacial score (nSPS) is 17.0. The van der Waals surface area contributed by atoms with E-state index in [2.05, 4.69) is 43.1 Å². The number of fused-ring (bicyclic) bond motifs is 1. The van der Waals surface area contributed by atoms with Gasteiger partial charge in [0.2, 0.25) is 0 Å². The molecule has 0 spiro atoms. The average Bonchev–Trinajstić information content (AvgIpc) is 2.87. The van der Waals surface area contributed by atoms with Gasteiger partial charge in [0.25, 0.3) is 0 Å². The van der Waals surface area contributed by atoms with E-state index in [1.165, 1.54) is 16.7 Å². The third-order valence-corrected chi connectivity index (χ3v) is 4.22. The molecule has 0 saturated heterocycles. The number of hydrogen-bond donors (Lipinski definition) is 0. The minimum Gasteiger partial charge on any atom is -0.299 e. The zero-order valence-corrected chi connectivity index (χ0v) is 12.0. The second-order valence-corrected chi connectivity index (χ2v) is 5.71. The van der Waals surface area contributed by atoms with Crippen molar-refractivity contribution in [2.45, 2.75) is 39.0 Å². The van der Waals surface area contributed by atoms with Crippen LogP contribution in [0.4, 0.5) is 0 Å². The molecule has 0 radical (unpaired) electrons. The summed E-state index contributed by atoms with van der Waals surface area (Å²) in [5.74, 6) is 0.294. The van der Waals surface area contributed by atoms with E-state index in [9.17, 15) is 4.79 Å². The Bertz CT molecular complexity index is 660.